The van der Waals surface area contributed by atoms with E-state index in [1.807, 2.05) is 48.2 Å². The highest BCUT2D eigenvalue weighted by molar-refractivity contribution is 7.99. The van der Waals surface area contributed by atoms with Crippen molar-refractivity contribution in [2.24, 2.45) is 0 Å². The molecule has 0 bridgehead atoms. The molecule has 2 aromatic rings. The normalized spacial score (nSPS) is 14.1. The van der Waals surface area contributed by atoms with E-state index >= 15 is 0 Å². The molecule has 2 unspecified atom stereocenters. The lowest BCUT2D eigenvalue weighted by Gasteiger charge is -2.21. The van der Waals surface area contributed by atoms with Crippen LogP contribution in [0.1, 0.15) is 6.92 Å². The molecule has 0 aliphatic heterocycles. The van der Waals surface area contributed by atoms with Gasteiger partial charge in [-0.3, -0.25) is 4.79 Å². The zero-order valence-electron chi connectivity index (χ0n) is 12.0. The summed E-state index contributed by atoms with van der Waals surface area (Å²) >= 11 is 7.55. The molecule has 21 heavy (non-hydrogen) atoms. The number of amides is 1. The number of fused-ring (bicyclic) bond motifs is 1. The number of nitrogens with one attached hydrogen (secondary N) is 1. The maximum atomic E-state index is 12.1. The fourth-order valence-electron chi connectivity index (χ4n) is 2.28. The SMILES string of the molecule is CSC(CO)C(C)NC(=O)Cn1ccc2ccc(Cl)cc21. The van der Waals surface area contributed by atoms with E-state index in [-0.39, 0.29) is 30.4 Å². The highest BCUT2D eigenvalue weighted by atomic mass is 35.5. The van der Waals surface area contributed by atoms with Crippen molar-refractivity contribution >= 4 is 40.2 Å². The Kier molecular flexibility index (Phi) is 5.56. The molecule has 1 heterocycles. The van der Waals surface area contributed by atoms with Crippen LogP contribution in [0.5, 0.6) is 0 Å². The van der Waals surface area contributed by atoms with Gasteiger partial charge in [-0.1, -0.05) is 17.7 Å². The lowest BCUT2D eigenvalue weighted by atomic mass is 10.2. The van der Waals surface area contributed by atoms with Crippen LogP contribution in [-0.4, -0.2) is 39.7 Å². The molecule has 6 heteroatoms. The number of benzene rings is 1. The first kappa shape index (κ1) is 16.2. The largest absolute Gasteiger partial charge is 0.395 e. The van der Waals surface area contributed by atoms with E-state index in [1.165, 1.54) is 0 Å². The van der Waals surface area contributed by atoms with Gasteiger partial charge in [-0.2, -0.15) is 11.8 Å². The van der Waals surface area contributed by atoms with Crippen LogP contribution >= 0.6 is 23.4 Å². The van der Waals surface area contributed by atoms with Gasteiger partial charge in [-0.25, -0.2) is 0 Å². The second-order valence-electron chi connectivity index (χ2n) is 4.96. The Hall–Kier alpha value is -1.17. The number of carbonyl (C=O) groups is 1. The number of rotatable bonds is 6. The molecule has 0 aliphatic carbocycles. The van der Waals surface area contributed by atoms with Gasteiger partial charge in [0.25, 0.3) is 0 Å². The minimum atomic E-state index is -0.0806. The Balaban J connectivity index is 2.06. The molecule has 4 nitrogen and oxygen atoms in total. The molecule has 0 saturated heterocycles. The smallest absolute Gasteiger partial charge is 0.240 e. The van der Waals surface area contributed by atoms with Gasteiger partial charge in [0.05, 0.1) is 6.61 Å². The summed E-state index contributed by atoms with van der Waals surface area (Å²) in [5, 5.41) is 13.9. The molecular weight excluding hydrogens is 308 g/mol. The number of hydrogen-bond acceptors (Lipinski definition) is 3. The van der Waals surface area contributed by atoms with E-state index in [9.17, 15) is 9.90 Å². The number of hydrogen-bond donors (Lipinski definition) is 2. The van der Waals surface area contributed by atoms with E-state index in [0.29, 0.717) is 5.02 Å². The quantitative estimate of drug-likeness (QED) is 0.857. The molecule has 0 aliphatic rings. The van der Waals surface area contributed by atoms with Crippen molar-refractivity contribution in [2.45, 2.75) is 24.8 Å². The number of halogens is 1. The van der Waals surface area contributed by atoms with Gasteiger partial charge in [0.2, 0.25) is 5.91 Å². The van der Waals surface area contributed by atoms with Crippen LogP contribution in [0.4, 0.5) is 0 Å². The van der Waals surface area contributed by atoms with Gasteiger partial charge >= 0.3 is 0 Å². The van der Waals surface area contributed by atoms with Crippen molar-refractivity contribution in [3.05, 3.63) is 35.5 Å². The van der Waals surface area contributed by atoms with Crippen LogP contribution in [-0.2, 0) is 11.3 Å². The zero-order valence-corrected chi connectivity index (χ0v) is 13.6. The van der Waals surface area contributed by atoms with E-state index in [1.54, 1.807) is 11.8 Å². The summed E-state index contributed by atoms with van der Waals surface area (Å²) in [5.74, 6) is -0.0764. The second-order valence-corrected chi connectivity index (χ2v) is 6.47. The van der Waals surface area contributed by atoms with Crippen molar-refractivity contribution in [3.8, 4) is 0 Å². The molecule has 1 amide bonds. The third kappa shape index (κ3) is 3.93. The predicted octanol–water partition coefficient (Wildman–Crippen LogP) is 2.52. The maximum Gasteiger partial charge on any atom is 0.240 e. The fourth-order valence-corrected chi connectivity index (χ4v) is 3.07. The Labute approximate surface area is 133 Å². The number of aromatic nitrogens is 1. The Morgan fingerprint density at radius 3 is 2.90 bits per heavy atom. The van der Waals surface area contributed by atoms with Crippen LogP contribution in [0.2, 0.25) is 5.02 Å². The third-order valence-electron chi connectivity index (χ3n) is 3.48. The molecule has 0 spiro atoms. The van der Waals surface area contributed by atoms with Crippen molar-refractivity contribution in [1.29, 1.82) is 0 Å². The molecular formula is C15H19ClN2O2S. The monoisotopic (exact) mass is 326 g/mol. The topological polar surface area (TPSA) is 54.3 Å². The summed E-state index contributed by atoms with van der Waals surface area (Å²) in [6.45, 7) is 2.19. The average Bonchev–Trinajstić information content (AvgIpc) is 2.82. The van der Waals surface area contributed by atoms with Gasteiger partial charge < -0.3 is 15.0 Å². The molecule has 0 saturated carbocycles. The van der Waals surface area contributed by atoms with Crippen molar-refractivity contribution in [1.82, 2.24) is 9.88 Å². The van der Waals surface area contributed by atoms with Gasteiger partial charge in [-0.15, -0.1) is 0 Å². The minimum absolute atomic E-state index is 0.00445. The number of aliphatic hydroxyl groups excluding tert-OH is 1. The Morgan fingerprint density at radius 2 is 2.24 bits per heavy atom. The molecule has 1 aromatic heterocycles. The highest BCUT2D eigenvalue weighted by Crippen LogP contribution is 2.20. The first-order valence-corrected chi connectivity index (χ1v) is 8.39. The van der Waals surface area contributed by atoms with Crippen molar-refractivity contribution in [3.63, 3.8) is 0 Å². The number of aliphatic hydroxyl groups is 1. The van der Waals surface area contributed by atoms with E-state index in [4.69, 9.17) is 11.6 Å². The Bertz CT molecular complexity index is 625. The fraction of sp³-hybridized carbons (Fsp3) is 0.400. The van der Waals surface area contributed by atoms with Gasteiger partial charge in [0.1, 0.15) is 6.54 Å². The van der Waals surface area contributed by atoms with Crippen LogP contribution in [0.25, 0.3) is 10.9 Å². The molecule has 2 N–H and O–H groups in total. The first-order valence-electron chi connectivity index (χ1n) is 6.72. The highest BCUT2D eigenvalue weighted by Gasteiger charge is 2.17. The minimum Gasteiger partial charge on any atom is -0.395 e. The van der Waals surface area contributed by atoms with Gasteiger partial charge in [-0.05, 0) is 36.8 Å². The van der Waals surface area contributed by atoms with E-state index in [0.717, 1.165) is 10.9 Å². The van der Waals surface area contributed by atoms with Crippen LogP contribution in [0, 0.1) is 0 Å². The average molecular weight is 327 g/mol. The standard InChI is InChI=1S/C15H19ClN2O2S/c1-10(14(9-19)21-2)17-15(20)8-18-6-5-11-3-4-12(16)7-13(11)18/h3-7,10,14,19H,8-9H2,1-2H3,(H,17,20). The second kappa shape index (κ2) is 7.20. The zero-order chi connectivity index (χ0) is 15.4. The van der Waals surface area contributed by atoms with Gasteiger partial charge in [0, 0.05) is 28.0 Å². The molecule has 114 valence electrons. The first-order chi connectivity index (χ1) is 10.0. The Morgan fingerprint density at radius 1 is 1.48 bits per heavy atom. The lowest BCUT2D eigenvalue weighted by molar-refractivity contribution is -0.122. The van der Waals surface area contributed by atoms with Crippen LogP contribution < -0.4 is 5.32 Å². The van der Waals surface area contributed by atoms with E-state index in [2.05, 4.69) is 5.32 Å². The summed E-state index contributed by atoms with van der Waals surface area (Å²) in [4.78, 5) is 12.1. The number of thioether (sulfide) groups is 1. The third-order valence-corrected chi connectivity index (χ3v) is 4.88. The van der Waals surface area contributed by atoms with Crippen LogP contribution in [0.3, 0.4) is 0 Å². The van der Waals surface area contributed by atoms with Crippen molar-refractivity contribution in [2.75, 3.05) is 12.9 Å². The van der Waals surface area contributed by atoms with Gasteiger partial charge in [0.15, 0.2) is 0 Å². The molecule has 1 aromatic carbocycles. The van der Waals surface area contributed by atoms with Crippen molar-refractivity contribution < 1.29 is 9.90 Å². The lowest BCUT2D eigenvalue weighted by Crippen LogP contribution is -2.42. The molecule has 2 atom stereocenters. The number of carbonyl (C=O) groups excluding carboxylic acids is 1. The summed E-state index contributed by atoms with van der Waals surface area (Å²) in [6.07, 6.45) is 3.80. The van der Waals surface area contributed by atoms with Crippen LogP contribution in [0.15, 0.2) is 30.5 Å². The van der Waals surface area contributed by atoms with E-state index < -0.39 is 0 Å². The summed E-state index contributed by atoms with van der Waals surface area (Å²) < 4.78 is 1.87. The molecule has 2 rings (SSSR count). The summed E-state index contributed by atoms with van der Waals surface area (Å²) in [7, 11) is 0. The molecule has 0 fully saturated rings. The summed E-state index contributed by atoms with van der Waals surface area (Å²) in [6, 6.07) is 7.50. The number of nitrogens with zero attached hydrogens (tertiary/aromatic N) is 1. The maximum absolute atomic E-state index is 12.1. The molecule has 0 radical (unpaired) electrons. The predicted molar refractivity (Wildman–Crippen MR) is 88.9 cm³/mol. The summed E-state index contributed by atoms with van der Waals surface area (Å²) in [5.41, 5.74) is 0.939.